The van der Waals surface area contributed by atoms with Crippen LogP contribution in [0.4, 0.5) is 17.1 Å². The molecule has 1 atom stereocenters. The normalized spacial score (nSPS) is 16.1. The Bertz CT molecular complexity index is 909. The van der Waals surface area contributed by atoms with Crippen molar-refractivity contribution in [3.63, 3.8) is 0 Å². The molecule has 0 aromatic heterocycles. The van der Waals surface area contributed by atoms with E-state index in [1.807, 2.05) is 38.1 Å². The number of ether oxygens (including phenoxy) is 1. The lowest BCUT2D eigenvalue weighted by molar-refractivity contribution is -0.122. The molecule has 1 fully saturated rings. The van der Waals surface area contributed by atoms with Crippen LogP contribution in [0.15, 0.2) is 48.5 Å². The number of anilines is 3. The zero-order valence-corrected chi connectivity index (χ0v) is 16.8. The van der Waals surface area contributed by atoms with E-state index in [4.69, 9.17) is 4.74 Å². The summed E-state index contributed by atoms with van der Waals surface area (Å²) < 4.78 is 5.62. The summed E-state index contributed by atoms with van der Waals surface area (Å²) >= 11 is 0. The molecule has 1 saturated heterocycles. The van der Waals surface area contributed by atoms with Crippen molar-refractivity contribution in [3.8, 4) is 5.75 Å². The number of carbonyl (C=O) groups is 3. The zero-order chi connectivity index (χ0) is 21.0. The summed E-state index contributed by atoms with van der Waals surface area (Å²) in [4.78, 5) is 37.9. The van der Waals surface area contributed by atoms with Crippen LogP contribution in [0.5, 0.6) is 5.75 Å². The molecule has 7 heteroatoms. The van der Waals surface area contributed by atoms with E-state index < -0.39 is 5.92 Å². The van der Waals surface area contributed by atoms with E-state index in [1.165, 1.54) is 6.92 Å². The third-order valence-corrected chi connectivity index (χ3v) is 4.47. The van der Waals surface area contributed by atoms with E-state index >= 15 is 0 Å². The Morgan fingerprint density at radius 3 is 2.34 bits per heavy atom. The molecule has 0 aliphatic carbocycles. The lowest BCUT2D eigenvalue weighted by Crippen LogP contribution is -2.28. The maximum Gasteiger partial charge on any atom is 0.229 e. The summed E-state index contributed by atoms with van der Waals surface area (Å²) in [6.45, 7) is 5.64. The fourth-order valence-electron chi connectivity index (χ4n) is 3.23. The molecule has 0 radical (unpaired) electrons. The van der Waals surface area contributed by atoms with Gasteiger partial charge < -0.3 is 20.3 Å². The molecule has 152 valence electrons. The van der Waals surface area contributed by atoms with Crippen LogP contribution in [0, 0.1) is 5.92 Å². The highest BCUT2D eigenvalue weighted by atomic mass is 16.5. The molecule has 2 aromatic carbocycles. The standard InChI is InChI=1S/C22H25N3O4/c1-14(2)29-20-9-7-19(8-10-20)25-13-16(11-21(25)27)22(28)24-18-6-4-5-17(12-18)23-15(3)26/h4-10,12,14,16H,11,13H2,1-3H3,(H,23,26)(H,24,28). The average molecular weight is 395 g/mol. The van der Waals surface area contributed by atoms with Gasteiger partial charge in [-0.1, -0.05) is 6.07 Å². The first-order valence-electron chi connectivity index (χ1n) is 9.57. The van der Waals surface area contributed by atoms with Crippen molar-refractivity contribution in [2.75, 3.05) is 22.1 Å². The zero-order valence-electron chi connectivity index (χ0n) is 16.8. The van der Waals surface area contributed by atoms with Crippen LogP contribution in [0.25, 0.3) is 0 Å². The summed E-state index contributed by atoms with van der Waals surface area (Å²) in [6, 6.07) is 14.2. The predicted octanol–water partition coefficient (Wildman–Crippen LogP) is 3.42. The van der Waals surface area contributed by atoms with Crippen LogP contribution in [0.1, 0.15) is 27.2 Å². The third kappa shape index (κ3) is 5.34. The van der Waals surface area contributed by atoms with Crippen LogP contribution >= 0.6 is 0 Å². The molecule has 1 unspecified atom stereocenters. The lowest BCUT2D eigenvalue weighted by Gasteiger charge is -2.18. The second kappa shape index (κ2) is 8.77. The minimum atomic E-state index is -0.446. The molecular formula is C22H25N3O4. The fourth-order valence-corrected chi connectivity index (χ4v) is 3.23. The number of amides is 3. The summed E-state index contributed by atoms with van der Waals surface area (Å²) in [6.07, 6.45) is 0.230. The second-order valence-corrected chi connectivity index (χ2v) is 7.32. The van der Waals surface area contributed by atoms with Gasteiger partial charge in [-0.3, -0.25) is 14.4 Å². The van der Waals surface area contributed by atoms with Gasteiger partial charge in [-0.25, -0.2) is 0 Å². The molecule has 1 aliphatic heterocycles. The van der Waals surface area contributed by atoms with Crippen molar-refractivity contribution in [1.29, 1.82) is 0 Å². The summed E-state index contributed by atoms with van der Waals surface area (Å²) in [7, 11) is 0. The molecular weight excluding hydrogens is 370 g/mol. The molecule has 3 rings (SSSR count). The quantitative estimate of drug-likeness (QED) is 0.784. The van der Waals surface area contributed by atoms with Crippen LogP contribution in [0.3, 0.4) is 0 Å². The Kier molecular flexibility index (Phi) is 6.16. The van der Waals surface area contributed by atoms with Crippen molar-refractivity contribution in [3.05, 3.63) is 48.5 Å². The van der Waals surface area contributed by atoms with Gasteiger partial charge in [0.1, 0.15) is 5.75 Å². The second-order valence-electron chi connectivity index (χ2n) is 7.32. The first kappa shape index (κ1) is 20.4. The van der Waals surface area contributed by atoms with Gasteiger partial charge in [-0.15, -0.1) is 0 Å². The molecule has 1 heterocycles. The number of nitrogens with zero attached hydrogens (tertiary/aromatic N) is 1. The van der Waals surface area contributed by atoms with Crippen LogP contribution in [-0.4, -0.2) is 30.4 Å². The number of nitrogens with one attached hydrogen (secondary N) is 2. The van der Waals surface area contributed by atoms with Gasteiger partial charge in [0, 0.05) is 37.0 Å². The van der Waals surface area contributed by atoms with Gasteiger partial charge in [0.2, 0.25) is 17.7 Å². The monoisotopic (exact) mass is 395 g/mol. The number of hydrogen-bond acceptors (Lipinski definition) is 4. The molecule has 2 aromatic rings. The molecule has 0 bridgehead atoms. The highest BCUT2D eigenvalue weighted by molar-refractivity contribution is 6.03. The van der Waals surface area contributed by atoms with Gasteiger partial charge >= 0.3 is 0 Å². The largest absolute Gasteiger partial charge is 0.491 e. The molecule has 7 nitrogen and oxygen atoms in total. The molecule has 29 heavy (non-hydrogen) atoms. The summed E-state index contributed by atoms with van der Waals surface area (Å²) in [5.74, 6) is -0.201. The molecule has 0 spiro atoms. The van der Waals surface area contributed by atoms with Crippen LogP contribution in [0.2, 0.25) is 0 Å². The fraction of sp³-hybridized carbons (Fsp3) is 0.318. The van der Waals surface area contributed by atoms with E-state index in [2.05, 4.69) is 10.6 Å². The van der Waals surface area contributed by atoms with E-state index in [0.717, 1.165) is 11.4 Å². The highest BCUT2D eigenvalue weighted by Crippen LogP contribution is 2.28. The minimum absolute atomic E-state index is 0.0755. The molecule has 3 amide bonds. The summed E-state index contributed by atoms with van der Waals surface area (Å²) in [5.41, 5.74) is 1.92. The van der Waals surface area contributed by atoms with Gasteiger partial charge in [-0.05, 0) is 56.3 Å². The van der Waals surface area contributed by atoms with E-state index in [1.54, 1.807) is 29.2 Å². The van der Waals surface area contributed by atoms with Crippen LogP contribution < -0.4 is 20.3 Å². The summed E-state index contributed by atoms with van der Waals surface area (Å²) in [5, 5.41) is 5.51. The van der Waals surface area contributed by atoms with Crippen molar-refractivity contribution >= 4 is 34.8 Å². The van der Waals surface area contributed by atoms with Gasteiger partial charge in [0.05, 0.1) is 12.0 Å². The Morgan fingerprint density at radius 1 is 1.07 bits per heavy atom. The Morgan fingerprint density at radius 2 is 1.72 bits per heavy atom. The first-order valence-corrected chi connectivity index (χ1v) is 9.57. The highest BCUT2D eigenvalue weighted by Gasteiger charge is 2.35. The Labute approximate surface area is 170 Å². The topological polar surface area (TPSA) is 87.7 Å². The van der Waals surface area contributed by atoms with Crippen molar-refractivity contribution in [2.45, 2.75) is 33.3 Å². The molecule has 0 saturated carbocycles. The smallest absolute Gasteiger partial charge is 0.229 e. The van der Waals surface area contributed by atoms with Gasteiger partial charge in [0.25, 0.3) is 0 Å². The van der Waals surface area contributed by atoms with Crippen LogP contribution in [-0.2, 0) is 14.4 Å². The van der Waals surface area contributed by atoms with Crippen molar-refractivity contribution in [2.24, 2.45) is 5.92 Å². The van der Waals surface area contributed by atoms with Crippen molar-refractivity contribution in [1.82, 2.24) is 0 Å². The van der Waals surface area contributed by atoms with Gasteiger partial charge in [0.15, 0.2) is 0 Å². The molecule has 2 N–H and O–H groups in total. The number of rotatable bonds is 6. The van der Waals surface area contributed by atoms with E-state index in [9.17, 15) is 14.4 Å². The van der Waals surface area contributed by atoms with E-state index in [0.29, 0.717) is 17.9 Å². The van der Waals surface area contributed by atoms with Crippen molar-refractivity contribution < 1.29 is 19.1 Å². The third-order valence-electron chi connectivity index (χ3n) is 4.47. The lowest BCUT2D eigenvalue weighted by atomic mass is 10.1. The van der Waals surface area contributed by atoms with Gasteiger partial charge in [-0.2, -0.15) is 0 Å². The SMILES string of the molecule is CC(=O)Nc1cccc(NC(=O)C2CC(=O)N(c3ccc(OC(C)C)cc3)C2)c1. The maximum atomic E-state index is 12.6. The average Bonchev–Trinajstić information content (AvgIpc) is 3.03. The predicted molar refractivity (Wildman–Crippen MR) is 112 cm³/mol. The molecule has 1 aliphatic rings. The number of carbonyl (C=O) groups excluding carboxylic acids is 3. The number of hydrogen-bond donors (Lipinski definition) is 2. The first-order chi connectivity index (χ1) is 13.8. The maximum absolute atomic E-state index is 12.6. The minimum Gasteiger partial charge on any atom is -0.491 e. The van der Waals surface area contributed by atoms with E-state index in [-0.39, 0.29) is 30.2 Å². The Balaban J connectivity index is 1.63. The number of benzene rings is 2. The Hall–Kier alpha value is -3.35.